The minimum absolute atomic E-state index is 0.0565. The van der Waals surface area contributed by atoms with Crippen LogP contribution in [-0.4, -0.2) is 23.6 Å². The van der Waals surface area contributed by atoms with Gasteiger partial charge in [-0.05, 0) is 78.2 Å². The van der Waals surface area contributed by atoms with Gasteiger partial charge in [0.2, 0.25) is 0 Å². The van der Waals surface area contributed by atoms with Crippen LogP contribution in [0.1, 0.15) is 195 Å². The van der Waals surface area contributed by atoms with Gasteiger partial charge in [0.05, 0.1) is 24.6 Å². The molecule has 41 heavy (non-hydrogen) atoms. The average Bonchev–Trinajstić information content (AvgIpc) is 2.89. The van der Waals surface area contributed by atoms with Crippen LogP contribution in [0.15, 0.2) is 12.1 Å². The van der Waals surface area contributed by atoms with Crippen molar-refractivity contribution in [3.63, 3.8) is 0 Å². The van der Waals surface area contributed by atoms with E-state index in [2.05, 4.69) is 74.4 Å². The normalized spacial score (nSPS) is 12.8. The van der Waals surface area contributed by atoms with Crippen molar-refractivity contribution < 1.29 is 5.11 Å². The number of benzene rings is 1. The molecule has 0 radical (unpaired) electrons. The molecule has 1 nitrogen and oxygen atoms in total. The maximum Gasteiger partial charge on any atom is 0.123 e. The minimum atomic E-state index is -1.13. The summed E-state index contributed by atoms with van der Waals surface area (Å²) in [4.78, 5) is 0. The van der Waals surface area contributed by atoms with E-state index in [0.717, 1.165) is 11.1 Å². The van der Waals surface area contributed by atoms with Crippen molar-refractivity contribution in [2.24, 2.45) is 0 Å². The molecule has 0 aromatic heterocycles. The number of hydrogen-bond donors (Lipinski definition) is 1. The van der Waals surface area contributed by atoms with Crippen molar-refractivity contribution in [1.82, 2.24) is 0 Å². The summed E-state index contributed by atoms with van der Waals surface area (Å²) >= 11 is 0. The zero-order valence-electron chi connectivity index (χ0n) is 29.6. The zero-order chi connectivity index (χ0) is 30.8. The van der Waals surface area contributed by atoms with E-state index in [9.17, 15) is 5.11 Å². The average molecular weight is 590 g/mol. The third-order valence-corrected chi connectivity index (χ3v) is 14.1. The lowest BCUT2D eigenvalue weighted by atomic mass is 9.78. The minimum Gasteiger partial charge on any atom is -0.507 e. The SMILES string of the molecule is CCCCCCCC[P+](CCCCCCCC)(CCCCCCCC)Cc1cc(C(C)(C)C)c(O)c(C(C)(C)C)c1. The van der Waals surface area contributed by atoms with Gasteiger partial charge in [0, 0.05) is 7.26 Å². The molecule has 1 aromatic rings. The van der Waals surface area contributed by atoms with Crippen LogP contribution in [0.2, 0.25) is 0 Å². The van der Waals surface area contributed by atoms with Crippen LogP contribution < -0.4 is 0 Å². The molecule has 240 valence electrons. The van der Waals surface area contributed by atoms with Crippen molar-refractivity contribution in [3.8, 4) is 5.75 Å². The van der Waals surface area contributed by atoms with E-state index in [-0.39, 0.29) is 10.8 Å². The second kappa shape index (κ2) is 20.4. The lowest BCUT2D eigenvalue weighted by Crippen LogP contribution is -2.19. The number of phenols is 1. The molecule has 0 aliphatic heterocycles. The van der Waals surface area contributed by atoms with E-state index in [0.29, 0.717) is 5.75 Å². The Balaban J connectivity index is 3.32. The summed E-state index contributed by atoms with van der Waals surface area (Å²) in [6.45, 7) is 20.6. The second-order valence-corrected chi connectivity index (χ2v) is 19.9. The first-order chi connectivity index (χ1) is 19.4. The fraction of sp³-hybridized carbons (Fsp3) is 0.846. The first-order valence-corrected chi connectivity index (χ1v) is 20.6. The molecule has 1 aromatic carbocycles. The van der Waals surface area contributed by atoms with Crippen molar-refractivity contribution in [3.05, 3.63) is 28.8 Å². The Labute approximate surface area is 259 Å². The van der Waals surface area contributed by atoms with E-state index in [1.807, 2.05) is 0 Å². The van der Waals surface area contributed by atoms with Gasteiger partial charge in [0.1, 0.15) is 5.75 Å². The van der Waals surface area contributed by atoms with Crippen LogP contribution in [0.5, 0.6) is 5.75 Å². The maximum atomic E-state index is 11.4. The molecule has 1 N–H and O–H groups in total. The molecular formula is C39H74OP+. The molecule has 0 saturated carbocycles. The van der Waals surface area contributed by atoms with Gasteiger partial charge < -0.3 is 5.11 Å². The van der Waals surface area contributed by atoms with E-state index in [1.165, 1.54) is 146 Å². The molecule has 0 aliphatic rings. The summed E-state index contributed by atoms with van der Waals surface area (Å²) in [5, 5.41) is 11.4. The lowest BCUT2D eigenvalue weighted by molar-refractivity contribution is 0.423. The molecule has 0 atom stereocenters. The molecule has 1 rings (SSSR count). The third kappa shape index (κ3) is 15.7. The Morgan fingerprint density at radius 3 is 1.07 bits per heavy atom. The van der Waals surface area contributed by atoms with E-state index >= 15 is 0 Å². The van der Waals surface area contributed by atoms with E-state index in [1.54, 1.807) is 0 Å². The monoisotopic (exact) mass is 590 g/mol. The molecular weight excluding hydrogens is 515 g/mol. The standard InChI is InChI=1S/C39H73OP/c1-10-13-16-19-22-25-28-41(29-26-23-20-17-14-11-2,30-27-24-21-18-15-12-3)33-34-31-35(38(4,5)6)37(40)36(32-34)39(7,8)9/h31-32H,10-30,33H2,1-9H3/p+1. The summed E-state index contributed by atoms with van der Waals surface area (Å²) in [5.41, 5.74) is 3.71. The Hall–Kier alpha value is -0.550. The van der Waals surface area contributed by atoms with Gasteiger partial charge in [0.25, 0.3) is 0 Å². The quantitative estimate of drug-likeness (QED) is 0.0994. The van der Waals surface area contributed by atoms with Crippen LogP contribution in [0.4, 0.5) is 0 Å². The Morgan fingerprint density at radius 1 is 0.488 bits per heavy atom. The molecule has 0 saturated heterocycles. The number of aromatic hydroxyl groups is 1. The van der Waals surface area contributed by atoms with Crippen molar-refractivity contribution in [2.45, 2.75) is 195 Å². The highest BCUT2D eigenvalue weighted by Crippen LogP contribution is 2.64. The Morgan fingerprint density at radius 2 is 0.780 bits per heavy atom. The predicted octanol–water partition coefficient (Wildman–Crippen LogP) is 13.6. The zero-order valence-corrected chi connectivity index (χ0v) is 30.5. The van der Waals surface area contributed by atoms with Crippen LogP contribution in [-0.2, 0) is 17.0 Å². The van der Waals surface area contributed by atoms with Crippen molar-refractivity contribution in [2.75, 3.05) is 18.5 Å². The molecule has 0 amide bonds. The number of hydrogen-bond acceptors (Lipinski definition) is 1. The van der Waals surface area contributed by atoms with Gasteiger partial charge in [-0.2, -0.15) is 0 Å². The van der Waals surface area contributed by atoms with Gasteiger partial charge in [0.15, 0.2) is 0 Å². The number of rotatable bonds is 23. The molecule has 0 unspecified atom stereocenters. The number of unbranched alkanes of at least 4 members (excludes halogenated alkanes) is 15. The molecule has 0 spiro atoms. The molecule has 0 aliphatic carbocycles. The fourth-order valence-corrected chi connectivity index (χ4v) is 11.4. The van der Waals surface area contributed by atoms with Gasteiger partial charge in [-0.15, -0.1) is 0 Å². The van der Waals surface area contributed by atoms with Gasteiger partial charge >= 0.3 is 0 Å². The topological polar surface area (TPSA) is 20.2 Å². The lowest BCUT2D eigenvalue weighted by Gasteiger charge is -2.32. The van der Waals surface area contributed by atoms with Crippen LogP contribution in [0, 0.1) is 0 Å². The van der Waals surface area contributed by atoms with Crippen LogP contribution in [0.25, 0.3) is 0 Å². The van der Waals surface area contributed by atoms with Crippen LogP contribution >= 0.6 is 7.26 Å². The van der Waals surface area contributed by atoms with E-state index < -0.39 is 7.26 Å². The molecule has 0 bridgehead atoms. The van der Waals surface area contributed by atoms with E-state index in [4.69, 9.17) is 0 Å². The molecule has 0 heterocycles. The smallest absolute Gasteiger partial charge is 0.123 e. The maximum absolute atomic E-state index is 11.4. The van der Waals surface area contributed by atoms with Crippen molar-refractivity contribution >= 4 is 7.26 Å². The number of phenolic OH excluding ortho intramolecular Hbond substituents is 1. The van der Waals surface area contributed by atoms with Gasteiger partial charge in [-0.25, -0.2) is 0 Å². The van der Waals surface area contributed by atoms with Gasteiger partial charge in [-0.3, -0.25) is 0 Å². The third-order valence-electron chi connectivity index (χ3n) is 9.26. The summed E-state index contributed by atoms with van der Waals surface area (Å²) in [5.74, 6) is 0.542. The molecule has 2 heteroatoms. The summed E-state index contributed by atoms with van der Waals surface area (Å²) < 4.78 is 0. The first-order valence-electron chi connectivity index (χ1n) is 18.1. The summed E-state index contributed by atoms with van der Waals surface area (Å²) in [7, 11) is -1.13. The fourth-order valence-electron chi connectivity index (χ4n) is 6.57. The second-order valence-electron chi connectivity index (χ2n) is 15.5. The van der Waals surface area contributed by atoms with Crippen molar-refractivity contribution in [1.29, 1.82) is 0 Å². The highest BCUT2D eigenvalue weighted by atomic mass is 31.2. The highest BCUT2D eigenvalue weighted by molar-refractivity contribution is 7.75. The van der Waals surface area contributed by atoms with Crippen LogP contribution in [0.3, 0.4) is 0 Å². The van der Waals surface area contributed by atoms with Gasteiger partial charge in [-0.1, -0.05) is 139 Å². The highest BCUT2D eigenvalue weighted by Gasteiger charge is 2.37. The largest absolute Gasteiger partial charge is 0.507 e. The Kier molecular flexibility index (Phi) is 19.2. The summed E-state index contributed by atoms with van der Waals surface area (Å²) in [6, 6.07) is 4.84. The Bertz CT molecular complexity index is 721. The summed E-state index contributed by atoms with van der Waals surface area (Å²) in [6.07, 6.45) is 31.0. The first kappa shape index (κ1) is 38.5. The predicted molar refractivity (Wildman–Crippen MR) is 191 cm³/mol. The molecule has 0 fully saturated rings.